The van der Waals surface area contributed by atoms with Gasteiger partial charge < -0.3 is 50.2 Å². The number of phosphoric acid groups is 1. The fraction of sp³-hybridized carbons (Fsp3) is 0.476. The van der Waals surface area contributed by atoms with E-state index in [1.807, 2.05) is 0 Å². The Bertz CT molecular complexity index is 1930. The van der Waals surface area contributed by atoms with E-state index in [0.29, 0.717) is 0 Å². The molecule has 3 aliphatic heterocycles. The number of fused-ring (bicyclic) bond motifs is 4. The van der Waals surface area contributed by atoms with Gasteiger partial charge in [0.15, 0.2) is 48.3 Å². The Morgan fingerprint density at radius 3 is 2.53 bits per heavy atom. The molecule has 242 valence electrons. The number of aromatic nitrogens is 7. The Kier molecular flexibility index (Phi) is 7.32. The monoisotopic (exact) mass is 673 g/mol. The molecule has 3 saturated heterocycles. The van der Waals surface area contributed by atoms with Crippen LogP contribution in [0.3, 0.4) is 0 Å². The molecule has 3 aliphatic rings. The van der Waals surface area contributed by atoms with Gasteiger partial charge in [0.25, 0.3) is 5.56 Å². The van der Waals surface area contributed by atoms with Gasteiger partial charge in [-0.15, -0.1) is 0 Å². The average molecular weight is 673 g/mol. The number of hydrogen-bond donors (Lipinski definition) is 7. The average Bonchev–Trinajstić information content (AvgIpc) is 3.72. The number of hydrogen-bond acceptors (Lipinski definition) is 17. The minimum absolute atomic E-state index is 0.0125. The summed E-state index contributed by atoms with van der Waals surface area (Å²) < 4.78 is 61.4. The summed E-state index contributed by atoms with van der Waals surface area (Å²) in [5.41, 5.74) is 11.2. The third-order valence-electron chi connectivity index (χ3n) is 7.36. The molecule has 45 heavy (non-hydrogen) atoms. The van der Waals surface area contributed by atoms with Gasteiger partial charge in [-0.1, -0.05) is 0 Å². The summed E-state index contributed by atoms with van der Waals surface area (Å²) >= 11 is 0. The van der Waals surface area contributed by atoms with Crippen molar-refractivity contribution in [1.82, 2.24) is 34.1 Å². The third kappa shape index (κ3) is 5.33. The van der Waals surface area contributed by atoms with Crippen LogP contribution < -0.4 is 17.0 Å². The molecule has 4 aromatic heterocycles. The molecule has 0 aromatic carbocycles. The number of nitrogens with one attached hydrogen (secondary N) is 1. The summed E-state index contributed by atoms with van der Waals surface area (Å²) in [6, 6.07) is 1.38. The van der Waals surface area contributed by atoms with Crippen molar-refractivity contribution in [3.63, 3.8) is 0 Å². The van der Waals surface area contributed by atoms with Crippen molar-refractivity contribution in [2.24, 2.45) is 0 Å². The van der Waals surface area contributed by atoms with Gasteiger partial charge in [-0.2, -0.15) is 4.98 Å². The molecule has 0 saturated carbocycles. The zero-order valence-electron chi connectivity index (χ0n) is 22.5. The maximum Gasteiger partial charge on any atom is 0.472 e. The Morgan fingerprint density at radius 1 is 0.978 bits per heavy atom. The molecule has 7 rings (SSSR count). The minimum atomic E-state index is -5.06. The van der Waals surface area contributed by atoms with Gasteiger partial charge in [0.1, 0.15) is 36.3 Å². The van der Waals surface area contributed by atoms with Crippen LogP contribution in [0.25, 0.3) is 22.2 Å². The lowest BCUT2D eigenvalue weighted by Crippen LogP contribution is -2.38. The van der Waals surface area contributed by atoms with Crippen molar-refractivity contribution in [3.8, 4) is 0 Å². The summed E-state index contributed by atoms with van der Waals surface area (Å²) in [6.07, 6.45) is -10.1. The highest BCUT2D eigenvalue weighted by molar-refractivity contribution is 7.52. The number of aliphatic hydroxyl groups excluding tert-OH is 2. The van der Waals surface area contributed by atoms with Crippen LogP contribution in [0.15, 0.2) is 29.7 Å². The number of anilines is 2. The molecule has 10 atom stereocenters. The quantitative estimate of drug-likeness (QED) is 0.116. The molecule has 0 aliphatic carbocycles. The lowest BCUT2D eigenvalue weighted by molar-refractivity contribution is -0.168. The van der Waals surface area contributed by atoms with Crippen molar-refractivity contribution in [1.29, 1.82) is 0 Å². The number of nitrogen functional groups attached to an aromatic ring is 2. The summed E-state index contributed by atoms with van der Waals surface area (Å²) in [5.74, 6) is -0.190. The standard InChI is InChI=1S/C21H25N9O13P2/c22-14-9-16(25-4-24-14)30(5-26-9)19-11(32)13-20(41-19)38-6-44(34,35)42-12-8(3-39-45(36,37)43-13)40-18(10(12)31)29-2-1-7-15(29)27-21(23)28-17(7)33/h1-2,4-5,8,10-13,18-20,31-32H,3,6H2,(H,34,35)(H,36,37)(H2,22,24,25)(H3,23,27,28,33)/t8-,10?,11?,12?,13?,18-,19-,20+/m1/s1. The van der Waals surface area contributed by atoms with Gasteiger partial charge in [-0.25, -0.2) is 19.5 Å². The highest BCUT2D eigenvalue weighted by Crippen LogP contribution is 2.53. The lowest BCUT2D eigenvalue weighted by atomic mass is 10.1. The second-order valence-corrected chi connectivity index (χ2v) is 13.4. The van der Waals surface area contributed by atoms with Gasteiger partial charge in [-0.3, -0.25) is 32.5 Å². The van der Waals surface area contributed by atoms with E-state index in [1.54, 1.807) is 0 Å². The van der Waals surface area contributed by atoms with Crippen molar-refractivity contribution in [3.05, 3.63) is 35.3 Å². The molecule has 9 N–H and O–H groups in total. The Labute approximate surface area is 249 Å². The highest BCUT2D eigenvalue weighted by atomic mass is 31.2. The Hall–Kier alpha value is -3.37. The van der Waals surface area contributed by atoms with E-state index in [1.165, 1.54) is 27.7 Å². The number of aromatic amines is 1. The van der Waals surface area contributed by atoms with Crippen LogP contribution in [0, 0.1) is 0 Å². The van der Waals surface area contributed by atoms with Gasteiger partial charge in [0, 0.05) is 6.20 Å². The van der Waals surface area contributed by atoms with Gasteiger partial charge in [-0.05, 0) is 6.07 Å². The first-order valence-electron chi connectivity index (χ1n) is 13.1. The number of imidazole rings is 1. The first-order valence-corrected chi connectivity index (χ1v) is 16.3. The van der Waals surface area contributed by atoms with Crippen LogP contribution in [0.5, 0.6) is 0 Å². The SMILES string of the molecule is Nc1nc2c(ccn2[C@@H]2O[C@@H]3COP(=O)(O)OC4C(O)[C@H](n5cnc6c(N)ncnc65)O[C@@H]4OCP(=O)(O)OC3C2O)c(=O)[nH]1. The number of nitrogens with zero attached hydrogens (tertiary/aromatic N) is 6. The maximum absolute atomic E-state index is 13.2. The summed E-state index contributed by atoms with van der Waals surface area (Å²) in [5, 5.41) is 22.4. The molecule has 3 fully saturated rings. The number of ether oxygens (including phenoxy) is 3. The molecule has 6 unspecified atom stereocenters. The van der Waals surface area contributed by atoms with Crippen LogP contribution in [0.4, 0.5) is 11.8 Å². The van der Waals surface area contributed by atoms with Crippen LogP contribution in [-0.4, -0.2) is 104 Å². The molecule has 0 amide bonds. The molecule has 4 aromatic rings. The number of H-pyrrole nitrogens is 1. The van der Waals surface area contributed by atoms with Crippen LogP contribution in [0.1, 0.15) is 12.5 Å². The van der Waals surface area contributed by atoms with Crippen molar-refractivity contribution >= 4 is 49.4 Å². The number of aliphatic hydroxyl groups is 2. The van der Waals surface area contributed by atoms with E-state index in [-0.39, 0.29) is 34.0 Å². The first-order chi connectivity index (χ1) is 21.3. The third-order valence-corrected chi connectivity index (χ3v) is 9.39. The summed E-state index contributed by atoms with van der Waals surface area (Å²) in [7, 11) is -9.82. The number of rotatable bonds is 2. The van der Waals surface area contributed by atoms with Gasteiger partial charge in [0.2, 0.25) is 5.95 Å². The van der Waals surface area contributed by atoms with Crippen molar-refractivity contribution in [2.45, 2.75) is 49.3 Å². The minimum Gasteiger partial charge on any atom is -0.386 e. The molecule has 0 spiro atoms. The van der Waals surface area contributed by atoms with E-state index in [2.05, 4.69) is 24.9 Å². The van der Waals surface area contributed by atoms with E-state index in [4.69, 9.17) is 39.2 Å². The molecular formula is C21H25N9O13P2. The van der Waals surface area contributed by atoms with Gasteiger partial charge in [0.05, 0.1) is 18.3 Å². The smallest absolute Gasteiger partial charge is 0.386 e. The van der Waals surface area contributed by atoms with Gasteiger partial charge >= 0.3 is 15.4 Å². The molecule has 22 nitrogen and oxygen atoms in total. The Morgan fingerprint density at radius 2 is 1.73 bits per heavy atom. The zero-order valence-corrected chi connectivity index (χ0v) is 24.3. The van der Waals surface area contributed by atoms with Crippen LogP contribution >= 0.6 is 15.4 Å². The van der Waals surface area contributed by atoms with Crippen molar-refractivity contribution in [2.75, 3.05) is 24.4 Å². The molecule has 24 heteroatoms. The highest BCUT2D eigenvalue weighted by Gasteiger charge is 2.54. The lowest BCUT2D eigenvalue weighted by Gasteiger charge is -2.28. The zero-order chi connectivity index (χ0) is 31.8. The first kappa shape index (κ1) is 30.3. The van der Waals surface area contributed by atoms with E-state index in [0.717, 1.165) is 6.33 Å². The topological polar surface area (TPSA) is 317 Å². The van der Waals surface area contributed by atoms with Crippen LogP contribution in [-0.2, 0) is 36.9 Å². The fourth-order valence-corrected chi connectivity index (χ4v) is 7.34. The fourth-order valence-electron chi connectivity index (χ4n) is 5.37. The molecular weight excluding hydrogens is 648 g/mol. The largest absolute Gasteiger partial charge is 0.472 e. The predicted octanol–water partition coefficient (Wildman–Crippen LogP) is -1.74. The second-order valence-electron chi connectivity index (χ2n) is 10.3. The number of phosphoric ester groups is 1. The molecule has 0 bridgehead atoms. The van der Waals surface area contributed by atoms with E-state index >= 15 is 0 Å². The molecule has 0 radical (unpaired) electrons. The summed E-state index contributed by atoms with van der Waals surface area (Å²) in [6.45, 7) is -0.803. The maximum atomic E-state index is 13.2. The van der Waals surface area contributed by atoms with Crippen LogP contribution in [0.2, 0.25) is 0 Å². The Balaban J connectivity index is 1.17. The summed E-state index contributed by atoms with van der Waals surface area (Å²) in [4.78, 5) is 52.0. The van der Waals surface area contributed by atoms with E-state index < -0.39 is 83.2 Å². The number of nitrogens with two attached hydrogens (primary N) is 2. The predicted molar refractivity (Wildman–Crippen MR) is 146 cm³/mol. The van der Waals surface area contributed by atoms with Crippen molar-refractivity contribution < 1.29 is 56.9 Å². The van der Waals surface area contributed by atoms with E-state index in [9.17, 15) is 33.9 Å². The second kappa shape index (κ2) is 10.9. The normalized spacial score (nSPS) is 37.7. The molecule has 7 heterocycles.